The number of rotatable bonds is 4. The van der Waals surface area contributed by atoms with Crippen molar-refractivity contribution in [2.45, 2.75) is 0 Å². The number of amides is 1. The van der Waals surface area contributed by atoms with Gasteiger partial charge >= 0.3 is 0 Å². The summed E-state index contributed by atoms with van der Waals surface area (Å²) in [5.74, 6) is -0.231. The summed E-state index contributed by atoms with van der Waals surface area (Å²) in [4.78, 5) is 12.4. The van der Waals surface area contributed by atoms with Crippen LogP contribution >= 0.6 is 23.8 Å². The Morgan fingerprint density at radius 1 is 0.926 bits per heavy atom. The molecule has 0 aliphatic heterocycles. The van der Waals surface area contributed by atoms with E-state index in [-0.39, 0.29) is 16.9 Å². The van der Waals surface area contributed by atoms with E-state index in [1.165, 1.54) is 12.1 Å². The Kier molecular flexibility index (Phi) is 6.01. The van der Waals surface area contributed by atoms with Crippen molar-refractivity contribution in [3.63, 3.8) is 0 Å². The van der Waals surface area contributed by atoms with E-state index in [1.54, 1.807) is 60.7 Å². The molecule has 1 amide bonds. The molecule has 0 spiro atoms. The van der Waals surface area contributed by atoms with E-state index in [0.29, 0.717) is 27.7 Å². The molecule has 0 aliphatic rings. The van der Waals surface area contributed by atoms with E-state index in [4.69, 9.17) is 28.6 Å². The number of halogens is 2. The summed E-state index contributed by atoms with van der Waals surface area (Å²) in [5.41, 5.74) is 1.63. The molecule has 0 saturated carbocycles. The number of hydrogen-bond acceptors (Lipinski definition) is 3. The Morgan fingerprint density at radius 2 is 1.56 bits per heavy atom. The highest BCUT2D eigenvalue weighted by atomic mass is 35.5. The van der Waals surface area contributed by atoms with Gasteiger partial charge in [-0.3, -0.25) is 4.79 Å². The van der Waals surface area contributed by atoms with Crippen LogP contribution in [-0.4, -0.2) is 11.1 Å². The maximum Gasteiger partial charge on any atom is 0.266 e. The minimum Gasteiger partial charge on any atom is -0.432 e. The predicted octanol–water partition coefficient (Wildman–Crippen LogP) is 5.51. The van der Waals surface area contributed by atoms with Gasteiger partial charge in [-0.2, -0.15) is 0 Å². The fraction of sp³-hybridized carbons (Fsp3) is 0. The summed E-state index contributed by atoms with van der Waals surface area (Å²) >= 11 is 11.0. The van der Waals surface area contributed by atoms with Crippen LogP contribution in [0.3, 0.4) is 0 Å². The lowest BCUT2D eigenvalue weighted by Crippen LogP contribution is -2.17. The van der Waals surface area contributed by atoms with Gasteiger partial charge < -0.3 is 15.4 Å². The molecule has 3 aromatic carbocycles. The van der Waals surface area contributed by atoms with Crippen LogP contribution in [0.1, 0.15) is 10.4 Å². The molecule has 0 unspecified atom stereocenters. The smallest absolute Gasteiger partial charge is 0.266 e. The second-order valence-corrected chi connectivity index (χ2v) is 6.32. The number of carbonyl (C=O) groups excluding carboxylic acids is 1. The Bertz CT molecular complexity index is 962. The zero-order valence-electron chi connectivity index (χ0n) is 13.9. The summed E-state index contributed by atoms with van der Waals surface area (Å²) in [7, 11) is 0. The molecule has 0 saturated heterocycles. The molecule has 0 radical (unpaired) electrons. The lowest BCUT2D eigenvalue weighted by molar-refractivity contribution is 0.102. The Balaban J connectivity index is 1.63. The molecule has 4 nitrogen and oxygen atoms in total. The monoisotopic (exact) mass is 400 g/mol. The number of nitrogens with one attached hydrogen (secondary N) is 2. The summed E-state index contributed by atoms with van der Waals surface area (Å²) in [6, 6.07) is 19.1. The average Bonchev–Trinajstić information content (AvgIpc) is 2.65. The summed E-state index contributed by atoms with van der Waals surface area (Å²) in [6.07, 6.45) is 0. The third-order valence-electron chi connectivity index (χ3n) is 3.50. The minimum absolute atomic E-state index is 0.0804. The van der Waals surface area contributed by atoms with E-state index in [1.807, 2.05) is 0 Å². The molecular formula is C20H14ClFN2O2S. The van der Waals surface area contributed by atoms with Crippen molar-refractivity contribution in [2.24, 2.45) is 0 Å². The Labute approximate surface area is 165 Å². The quantitative estimate of drug-likeness (QED) is 0.567. The molecule has 0 aromatic heterocycles. The fourth-order valence-electron chi connectivity index (χ4n) is 2.22. The summed E-state index contributed by atoms with van der Waals surface area (Å²) < 4.78 is 18.5. The zero-order chi connectivity index (χ0) is 19.2. The van der Waals surface area contributed by atoms with Gasteiger partial charge in [0.05, 0.1) is 0 Å². The van der Waals surface area contributed by atoms with Crippen LogP contribution in [0.15, 0.2) is 72.8 Å². The van der Waals surface area contributed by atoms with Crippen LogP contribution in [0.5, 0.6) is 5.75 Å². The van der Waals surface area contributed by atoms with Crippen LogP contribution in [0.2, 0.25) is 5.02 Å². The highest BCUT2D eigenvalue weighted by molar-refractivity contribution is 7.80. The van der Waals surface area contributed by atoms with Crippen molar-refractivity contribution in [2.75, 3.05) is 10.6 Å². The van der Waals surface area contributed by atoms with Gasteiger partial charge in [0.25, 0.3) is 11.1 Å². The molecule has 0 fully saturated rings. The van der Waals surface area contributed by atoms with Crippen molar-refractivity contribution in [1.29, 1.82) is 0 Å². The first-order valence-corrected chi connectivity index (χ1v) is 8.69. The van der Waals surface area contributed by atoms with E-state index in [2.05, 4.69) is 10.6 Å². The van der Waals surface area contributed by atoms with Gasteiger partial charge in [0.2, 0.25) is 0 Å². The number of thiocarbonyl (C=S) groups is 1. The number of hydrogen-bond donors (Lipinski definition) is 2. The summed E-state index contributed by atoms with van der Waals surface area (Å²) in [5, 5.41) is 6.28. The van der Waals surface area contributed by atoms with Gasteiger partial charge in [-0.25, -0.2) is 4.39 Å². The first-order chi connectivity index (χ1) is 13.0. The molecule has 3 rings (SSSR count). The standard InChI is InChI=1S/C20H14ClFN2O2S/c21-14-4-8-16(9-5-14)23-19(25)13-2-1-3-18(12-13)26-20(27)24-17-10-6-15(22)7-11-17/h1-12H,(H,23,25)(H,24,27). The van der Waals surface area contributed by atoms with E-state index in [9.17, 15) is 9.18 Å². The third kappa shape index (κ3) is 5.51. The normalized spacial score (nSPS) is 10.1. The van der Waals surface area contributed by atoms with Gasteiger partial charge in [-0.05, 0) is 78.9 Å². The Morgan fingerprint density at radius 3 is 2.26 bits per heavy atom. The number of ether oxygens (including phenoxy) is 1. The van der Waals surface area contributed by atoms with Crippen LogP contribution < -0.4 is 15.4 Å². The maximum atomic E-state index is 12.9. The van der Waals surface area contributed by atoms with Crippen molar-refractivity contribution in [3.05, 3.63) is 89.2 Å². The molecule has 27 heavy (non-hydrogen) atoms. The Hall–Kier alpha value is -2.96. The van der Waals surface area contributed by atoms with Crippen LogP contribution in [-0.2, 0) is 0 Å². The van der Waals surface area contributed by atoms with E-state index >= 15 is 0 Å². The lowest BCUT2D eigenvalue weighted by atomic mass is 10.2. The number of benzene rings is 3. The zero-order valence-corrected chi connectivity index (χ0v) is 15.5. The fourth-order valence-corrected chi connectivity index (χ4v) is 2.56. The topological polar surface area (TPSA) is 50.4 Å². The van der Waals surface area contributed by atoms with Gasteiger partial charge in [0.1, 0.15) is 11.6 Å². The number of anilines is 2. The molecule has 0 aliphatic carbocycles. The lowest BCUT2D eigenvalue weighted by Gasteiger charge is -2.11. The molecule has 2 N–H and O–H groups in total. The van der Waals surface area contributed by atoms with Gasteiger partial charge in [-0.1, -0.05) is 17.7 Å². The van der Waals surface area contributed by atoms with E-state index < -0.39 is 0 Å². The molecule has 136 valence electrons. The molecule has 7 heteroatoms. The molecular weight excluding hydrogens is 387 g/mol. The van der Waals surface area contributed by atoms with Gasteiger partial charge in [0, 0.05) is 22.0 Å². The van der Waals surface area contributed by atoms with Crippen molar-refractivity contribution >= 4 is 46.3 Å². The summed E-state index contributed by atoms with van der Waals surface area (Å²) in [6.45, 7) is 0. The minimum atomic E-state index is -0.341. The SMILES string of the molecule is O=C(Nc1ccc(Cl)cc1)c1cccc(OC(=S)Nc2ccc(F)cc2)c1. The molecule has 0 atom stereocenters. The average molecular weight is 401 g/mol. The highest BCUT2D eigenvalue weighted by Crippen LogP contribution is 2.18. The second-order valence-electron chi connectivity index (χ2n) is 5.51. The number of carbonyl (C=O) groups is 1. The molecule has 0 bridgehead atoms. The van der Waals surface area contributed by atoms with Crippen LogP contribution in [0.25, 0.3) is 0 Å². The van der Waals surface area contributed by atoms with Crippen molar-refractivity contribution in [3.8, 4) is 5.75 Å². The van der Waals surface area contributed by atoms with Crippen molar-refractivity contribution in [1.82, 2.24) is 0 Å². The van der Waals surface area contributed by atoms with Crippen LogP contribution in [0, 0.1) is 5.82 Å². The van der Waals surface area contributed by atoms with Gasteiger partial charge in [-0.15, -0.1) is 0 Å². The molecule has 3 aromatic rings. The second kappa shape index (κ2) is 8.62. The third-order valence-corrected chi connectivity index (χ3v) is 3.94. The predicted molar refractivity (Wildman–Crippen MR) is 109 cm³/mol. The first kappa shape index (κ1) is 18.8. The largest absolute Gasteiger partial charge is 0.432 e. The molecule has 0 heterocycles. The van der Waals surface area contributed by atoms with Crippen LogP contribution in [0.4, 0.5) is 15.8 Å². The highest BCUT2D eigenvalue weighted by Gasteiger charge is 2.09. The van der Waals surface area contributed by atoms with E-state index in [0.717, 1.165) is 0 Å². The first-order valence-electron chi connectivity index (χ1n) is 7.91. The van der Waals surface area contributed by atoms with Crippen molar-refractivity contribution < 1.29 is 13.9 Å². The van der Waals surface area contributed by atoms with Gasteiger partial charge in [0.15, 0.2) is 0 Å². The maximum absolute atomic E-state index is 12.9.